The fraction of sp³-hybridized carbons (Fsp3) is 0.875. The van der Waals surface area contributed by atoms with Crippen LogP contribution in [-0.2, 0) is 17.2 Å². The fourth-order valence-electron chi connectivity index (χ4n) is 0.988. The molecule has 0 heterocycles. The molecule has 0 aromatic carbocycles. The lowest BCUT2D eigenvalue weighted by molar-refractivity contribution is 0.0919. The summed E-state index contributed by atoms with van der Waals surface area (Å²) < 4.78 is 7.96. The van der Waals surface area contributed by atoms with Crippen molar-refractivity contribution in [3.8, 4) is 0 Å². The van der Waals surface area contributed by atoms with Gasteiger partial charge >= 0.3 is 6.09 Å². The summed E-state index contributed by atoms with van der Waals surface area (Å²) >= 11 is 4.21. The molecule has 0 aliphatic rings. The van der Waals surface area contributed by atoms with Gasteiger partial charge in [-0.25, -0.2) is 4.79 Å². The third kappa shape index (κ3) is 5.18. The van der Waals surface area contributed by atoms with Crippen molar-refractivity contribution in [1.82, 2.24) is 0 Å². The van der Waals surface area contributed by atoms with Crippen LogP contribution in [0.4, 0.5) is 4.79 Å². The summed E-state index contributed by atoms with van der Waals surface area (Å²) in [5.41, 5.74) is 0. The zero-order chi connectivity index (χ0) is 9.56. The summed E-state index contributed by atoms with van der Waals surface area (Å²) in [6, 6.07) is 0. The first-order valence-electron chi connectivity index (χ1n) is 4.14. The van der Waals surface area contributed by atoms with Crippen LogP contribution in [0.15, 0.2) is 4.36 Å². The van der Waals surface area contributed by atoms with E-state index in [0.717, 1.165) is 12.8 Å². The summed E-state index contributed by atoms with van der Waals surface area (Å²) in [5.74, 6) is 0.521. The molecule has 4 heteroatoms. The van der Waals surface area contributed by atoms with E-state index in [4.69, 9.17) is 4.74 Å². The maximum Gasteiger partial charge on any atom is 0.445 e. The number of ether oxygens (including phenoxy) is 1. The molecule has 0 spiro atoms. The van der Waals surface area contributed by atoms with Crippen molar-refractivity contribution in [3.63, 3.8) is 0 Å². The minimum absolute atomic E-state index is 0.0378. The van der Waals surface area contributed by atoms with Crippen molar-refractivity contribution in [3.05, 3.63) is 0 Å². The number of amides is 1. The number of nitrogens with zero attached hydrogens (tertiary/aromatic N) is 1. The van der Waals surface area contributed by atoms with E-state index in [1.807, 2.05) is 6.92 Å². The topological polar surface area (TPSA) is 38.7 Å². The Morgan fingerprint density at radius 2 is 2.17 bits per heavy atom. The van der Waals surface area contributed by atoms with Crippen molar-refractivity contribution in [2.45, 2.75) is 39.7 Å². The Balaban J connectivity index is 3.82. The van der Waals surface area contributed by atoms with Crippen molar-refractivity contribution in [2.24, 2.45) is 10.3 Å². The summed E-state index contributed by atoms with van der Waals surface area (Å²) in [6.07, 6.45) is 1.00. The maximum atomic E-state index is 10.7. The van der Waals surface area contributed by atoms with E-state index in [9.17, 15) is 4.79 Å². The van der Waals surface area contributed by atoms with Gasteiger partial charge in [0.05, 0.1) is 0 Å². The van der Waals surface area contributed by atoms with Crippen LogP contribution in [0.2, 0.25) is 0 Å². The van der Waals surface area contributed by atoms with E-state index in [2.05, 4.69) is 30.6 Å². The highest BCUT2D eigenvalue weighted by Gasteiger charge is 2.12. The molecular weight excluding hydrogens is 174 g/mol. The van der Waals surface area contributed by atoms with Crippen LogP contribution in [0.1, 0.15) is 33.6 Å². The minimum Gasteiger partial charge on any atom is -0.444 e. The van der Waals surface area contributed by atoms with E-state index >= 15 is 0 Å². The predicted molar refractivity (Wildman–Crippen MR) is 49.8 cm³/mol. The van der Waals surface area contributed by atoms with Crippen LogP contribution in [-0.4, -0.2) is 12.2 Å². The first-order valence-corrected chi connectivity index (χ1v) is 4.50. The van der Waals surface area contributed by atoms with Crippen LogP contribution >= 0.6 is 0 Å². The Morgan fingerprint density at radius 1 is 1.58 bits per heavy atom. The highest BCUT2D eigenvalue weighted by atomic mass is 32.1. The molecule has 3 nitrogen and oxygen atoms in total. The fourth-order valence-corrected chi connectivity index (χ4v) is 1.03. The second kappa shape index (κ2) is 6.06. The molecule has 0 saturated carbocycles. The molecule has 1 amide bonds. The zero-order valence-electron chi connectivity index (χ0n) is 7.74. The van der Waals surface area contributed by atoms with Gasteiger partial charge in [0, 0.05) is 12.4 Å². The standard InChI is InChI=1S/C8H15NO2S/c1-4-7(5-6(2)3)11-8(10)9-12/h6-7H,4-5H2,1-3H3. The Labute approximate surface area is 78.7 Å². The summed E-state index contributed by atoms with van der Waals surface area (Å²) in [7, 11) is 0. The van der Waals surface area contributed by atoms with E-state index < -0.39 is 6.09 Å². The van der Waals surface area contributed by atoms with Gasteiger partial charge in [-0.3, -0.25) is 0 Å². The monoisotopic (exact) mass is 189 g/mol. The van der Waals surface area contributed by atoms with Crippen molar-refractivity contribution in [2.75, 3.05) is 0 Å². The second-order valence-corrected chi connectivity index (χ2v) is 3.32. The summed E-state index contributed by atoms with van der Waals surface area (Å²) in [4.78, 5) is 10.7. The van der Waals surface area contributed by atoms with E-state index in [1.165, 1.54) is 0 Å². The quantitative estimate of drug-likeness (QED) is 0.682. The highest BCUT2D eigenvalue weighted by molar-refractivity contribution is 7.47. The van der Waals surface area contributed by atoms with Gasteiger partial charge in [-0.15, -0.1) is 4.36 Å². The SMILES string of the molecule is CCC(CC(C)C)OC(=O)N=S. The lowest BCUT2D eigenvalue weighted by Crippen LogP contribution is -2.16. The normalized spacial score (nSPS) is 12.7. The van der Waals surface area contributed by atoms with Crippen LogP contribution in [0, 0.1) is 5.92 Å². The van der Waals surface area contributed by atoms with Crippen LogP contribution in [0.3, 0.4) is 0 Å². The number of hydrogen-bond acceptors (Lipinski definition) is 3. The molecule has 0 fully saturated rings. The van der Waals surface area contributed by atoms with Crippen molar-refractivity contribution < 1.29 is 9.53 Å². The second-order valence-electron chi connectivity index (χ2n) is 3.13. The van der Waals surface area contributed by atoms with Gasteiger partial charge in [0.15, 0.2) is 0 Å². The number of rotatable bonds is 4. The van der Waals surface area contributed by atoms with Crippen LogP contribution in [0.25, 0.3) is 0 Å². The zero-order valence-corrected chi connectivity index (χ0v) is 8.56. The predicted octanol–water partition coefficient (Wildman–Crippen LogP) is 2.68. The van der Waals surface area contributed by atoms with Crippen LogP contribution in [0.5, 0.6) is 0 Å². The molecular formula is C8H15NO2S. The smallest absolute Gasteiger partial charge is 0.444 e. The maximum absolute atomic E-state index is 10.7. The number of carbonyl (C=O) groups is 1. The Hall–Kier alpha value is -0.510. The summed E-state index contributed by atoms with van der Waals surface area (Å²) in [6.45, 7) is 6.15. The average molecular weight is 189 g/mol. The molecule has 1 atom stereocenters. The molecule has 12 heavy (non-hydrogen) atoms. The van der Waals surface area contributed by atoms with Gasteiger partial charge < -0.3 is 4.74 Å². The van der Waals surface area contributed by atoms with E-state index in [0.29, 0.717) is 5.92 Å². The third-order valence-electron chi connectivity index (χ3n) is 1.53. The minimum atomic E-state index is -0.641. The lowest BCUT2D eigenvalue weighted by Gasteiger charge is -2.15. The van der Waals surface area contributed by atoms with Gasteiger partial charge in [-0.2, -0.15) is 0 Å². The largest absolute Gasteiger partial charge is 0.445 e. The molecule has 0 aromatic rings. The first kappa shape index (κ1) is 11.5. The van der Waals surface area contributed by atoms with Crippen LogP contribution < -0.4 is 0 Å². The van der Waals surface area contributed by atoms with Gasteiger partial charge in [0.25, 0.3) is 0 Å². The molecule has 0 N–H and O–H groups in total. The van der Waals surface area contributed by atoms with Gasteiger partial charge in [-0.05, 0) is 18.8 Å². The molecule has 0 bridgehead atoms. The molecule has 0 rings (SSSR count). The van der Waals surface area contributed by atoms with Gasteiger partial charge in [0.1, 0.15) is 6.10 Å². The van der Waals surface area contributed by atoms with E-state index in [1.54, 1.807) is 0 Å². The lowest BCUT2D eigenvalue weighted by atomic mass is 10.0. The third-order valence-corrected chi connectivity index (χ3v) is 1.68. The molecule has 1 unspecified atom stereocenters. The number of hydrogen-bond donors (Lipinski definition) is 0. The summed E-state index contributed by atoms with van der Waals surface area (Å²) in [5, 5.41) is 0. The van der Waals surface area contributed by atoms with Gasteiger partial charge in [0.2, 0.25) is 0 Å². The first-order chi connectivity index (χ1) is 5.60. The average Bonchev–Trinajstić information content (AvgIpc) is 2.02. The molecule has 0 aliphatic carbocycles. The molecule has 70 valence electrons. The Kier molecular flexibility index (Phi) is 5.80. The Bertz CT molecular complexity index is 159. The number of carbonyl (C=O) groups excluding carboxylic acids is 1. The molecule has 0 aliphatic heterocycles. The van der Waals surface area contributed by atoms with Crippen molar-refractivity contribution in [1.29, 1.82) is 0 Å². The van der Waals surface area contributed by atoms with E-state index in [-0.39, 0.29) is 6.10 Å². The van der Waals surface area contributed by atoms with Gasteiger partial charge in [-0.1, -0.05) is 20.8 Å². The van der Waals surface area contributed by atoms with Crippen molar-refractivity contribution >= 4 is 18.5 Å². The molecule has 0 saturated heterocycles. The Morgan fingerprint density at radius 3 is 2.50 bits per heavy atom. The molecule has 0 radical (unpaired) electrons. The highest BCUT2D eigenvalue weighted by Crippen LogP contribution is 2.11. The molecule has 0 aromatic heterocycles.